The molecule has 1 heterocycles. The number of hydrogen-bond acceptors (Lipinski definition) is 5. The zero-order valence-electron chi connectivity index (χ0n) is 18.8. The van der Waals surface area contributed by atoms with Gasteiger partial charge in [0.15, 0.2) is 0 Å². The van der Waals surface area contributed by atoms with Gasteiger partial charge in [0.05, 0.1) is 23.5 Å². The molecule has 0 saturated carbocycles. The van der Waals surface area contributed by atoms with Crippen LogP contribution in [-0.2, 0) is 16.0 Å². The topological polar surface area (TPSA) is 95.2 Å². The molecule has 0 fully saturated rings. The van der Waals surface area contributed by atoms with Gasteiger partial charge in [0.25, 0.3) is 5.91 Å². The van der Waals surface area contributed by atoms with E-state index < -0.39 is 17.3 Å². The van der Waals surface area contributed by atoms with Crippen molar-refractivity contribution in [2.24, 2.45) is 5.73 Å². The van der Waals surface area contributed by atoms with E-state index >= 15 is 0 Å². The molecular formula is C25H26FN3O3. The number of rotatable bonds is 5. The van der Waals surface area contributed by atoms with Crippen LogP contribution in [0.2, 0.25) is 0 Å². The van der Waals surface area contributed by atoms with Crippen molar-refractivity contribution >= 4 is 11.9 Å². The van der Waals surface area contributed by atoms with Crippen molar-refractivity contribution in [3.63, 3.8) is 0 Å². The Morgan fingerprint density at radius 1 is 0.969 bits per heavy atom. The third-order valence-corrected chi connectivity index (χ3v) is 4.76. The molecule has 7 heteroatoms. The van der Waals surface area contributed by atoms with E-state index in [-0.39, 0.29) is 29.3 Å². The van der Waals surface area contributed by atoms with Crippen LogP contribution < -0.4 is 5.73 Å². The highest BCUT2D eigenvalue weighted by atomic mass is 19.1. The highest BCUT2D eigenvalue weighted by molar-refractivity contribution is 5.92. The van der Waals surface area contributed by atoms with Gasteiger partial charge in [-0.05, 0) is 63.4 Å². The van der Waals surface area contributed by atoms with Crippen LogP contribution in [0.5, 0.6) is 0 Å². The van der Waals surface area contributed by atoms with E-state index in [2.05, 4.69) is 9.97 Å². The molecule has 0 atom stereocenters. The Kier molecular flexibility index (Phi) is 6.39. The molecule has 1 amide bonds. The van der Waals surface area contributed by atoms with E-state index in [1.54, 1.807) is 26.0 Å². The molecule has 0 aliphatic carbocycles. The second-order valence-electron chi connectivity index (χ2n) is 8.61. The van der Waals surface area contributed by atoms with Gasteiger partial charge < -0.3 is 10.5 Å². The first-order valence-corrected chi connectivity index (χ1v) is 10.2. The monoisotopic (exact) mass is 435 g/mol. The van der Waals surface area contributed by atoms with E-state index in [1.165, 1.54) is 6.07 Å². The zero-order valence-corrected chi connectivity index (χ0v) is 18.8. The minimum atomic E-state index is -0.709. The number of nitrogens with two attached hydrogens (primary N) is 1. The van der Waals surface area contributed by atoms with Crippen molar-refractivity contribution in [3.8, 4) is 22.4 Å². The maximum atomic E-state index is 15.0. The molecule has 166 valence electrons. The fourth-order valence-corrected chi connectivity index (χ4v) is 3.37. The summed E-state index contributed by atoms with van der Waals surface area (Å²) in [7, 11) is 0. The Bertz CT molecular complexity index is 1180. The van der Waals surface area contributed by atoms with Crippen LogP contribution in [0.4, 0.5) is 4.39 Å². The van der Waals surface area contributed by atoms with Crippen LogP contribution in [0, 0.1) is 19.7 Å². The van der Waals surface area contributed by atoms with Crippen molar-refractivity contribution in [2.75, 3.05) is 0 Å². The summed E-state index contributed by atoms with van der Waals surface area (Å²) in [5.41, 5.74) is 8.55. The minimum Gasteiger partial charge on any atom is -0.460 e. The summed E-state index contributed by atoms with van der Waals surface area (Å²) in [6, 6.07) is 12.1. The Labute approximate surface area is 186 Å². The van der Waals surface area contributed by atoms with Gasteiger partial charge in [0.2, 0.25) is 0 Å². The zero-order chi connectivity index (χ0) is 23.6. The Balaban J connectivity index is 1.85. The molecule has 0 spiro atoms. The molecule has 0 radical (unpaired) electrons. The van der Waals surface area contributed by atoms with Gasteiger partial charge >= 0.3 is 5.97 Å². The van der Waals surface area contributed by atoms with Crippen molar-refractivity contribution in [2.45, 2.75) is 46.6 Å². The number of benzene rings is 2. The predicted octanol–water partition coefficient (Wildman–Crippen LogP) is 4.55. The minimum absolute atomic E-state index is 0.0228. The summed E-state index contributed by atoms with van der Waals surface area (Å²) in [4.78, 5) is 32.1. The van der Waals surface area contributed by atoms with E-state index in [0.717, 1.165) is 11.1 Å². The number of esters is 1. The summed E-state index contributed by atoms with van der Waals surface area (Å²) >= 11 is 0. The molecule has 3 aromatic rings. The summed E-state index contributed by atoms with van der Waals surface area (Å²) in [5.74, 6) is -1.50. The molecule has 0 aliphatic heterocycles. The summed E-state index contributed by atoms with van der Waals surface area (Å²) < 4.78 is 20.3. The van der Waals surface area contributed by atoms with Crippen LogP contribution in [-0.4, -0.2) is 27.4 Å². The number of amides is 1. The average molecular weight is 435 g/mol. The Morgan fingerprint density at radius 3 is 2.16 bits per heavy atom. The van der Waals surface area contributed by atoms with Gasteiger partial charge in [0.1, 0.15) is 17.1 Å². The number of carbonyl (C=O) groups excluding carboxylic acids is 2. The van der Waals surface area contributed by atoms with Gasteiger partial charge in [-0.25, -0.2) is 9.37 Å². The van der Waals surface area contributed by atoms with E-state index in [4.69, 9.17) is 10.5 Å². The fraction of sp³-hybridized carbons (Fsp3) is 0.280. The summed E-state index contributed by atoms with van der Waals surface area (Å²) in [6.45, 7) is 8.81. The molecular weight excluding hydrogens is 409 g/mol. The summed E-state index contributed by atoms with van der Waals surface area (Å²) in [6.07, 6.45) is 0.165. The summed E-state index contributed by atoms with van der Waals surface area (Å²) in [5, 5.41) is 0. The quantitative estimate of drug-likeness (QED) is 0.593. The molecule has 32 heavy (non-hydrogen) atoms. The number of nitrogens with zero attached hydrogens (tertiary/aromatic N) is 2. The number of aromatic nitrogens is 2. The number of hydrogen-bond donors (Lipinski definition) is 1. The highest BCUT2D eigenvalue weighted by Gasteiger charge is 2.18. The Morgan fingerprint density at radius 2 is 1.59 bits per heavy atom. The average Bonchev–Trinajstić information content (AvgIpc) is 2.67. The maximum absolute atomic E-state index is 15.0. The highest BCUT2D eigenvalue weighted by Crippen LogP contribution is 2.29. The van der Waals surface area contributed by atoms with E-state index in [9.17, 15) is 14.0 Å². The molecule has 0 saturated heterocycles. The van der Waals surface area contributed by atoms with Crippen LogP contribution in [0.15, 0.2) is 42.5 Å². The van der Waals surface area contributed by atoms with E-state index in [1.807, 2.05) is 45.0 Å². The van der Waals surface area contributed by atoms with Crippen molar-refractivity contribution in [1.82, 2.24) is 9.97 Å². The third-order valence-electron chi connectivity index (χ3n) is 4.76. The van der Waals surface area contributed by atoms with Gasteiger partial charge in [-0.2, -0.15) is 0 Å². The largest absolute Gasteiger partial charge is 0.460 e. The van der Waals surface area contributed by atoms with Crippen LogP contribution in [0.3, 0.4) is 0 Å². The molecule has 0 unspecified atom stereocenters. The lowest BCUT2D eigenvalue weighted by Gasteiger charge is -2.19. The molecule has 2 N–H and O–H groups in total. The van der Waals surface area contributed by atoms with Gasteiger partial charge in [-0.3, -0.25) is 14.6 Å². The normalized spacial score (nSPS) is 11.3. The van der Waals surface area contributed by atoms with Crippen molar-refractivity contribution in [3.05, 3.63) is 70.9 Å². The fourth-order valence-electron chi connectivity index (χ4n) is 3.37. The first-order chi connectivity index (χ1) is 14.9. The standard InChI is InChI=1S/C25H26FN3O3/c1-14-22(29-23(24(27)31)15(2)28-14)19-11-10-18(13-20(19)26)17-8-6-16(7-9-17)12-21(30)32-25(3,4)5/h6-11,13H,12H2,1-5H3,(H2,27,31). The van der Waals surface area contributed by atoms with Gasteiger partial charge in [-0.15, -0.1) is 0 Å². The first kappa shape index (κ1) is 23.1. The second-order valence-corrected chi connectivity index (χ2v) is 8.61. The number of primary amides is 1. The van der Waals surface area contributed by atoms with E-state index in [0.29, 0.717) is 17.0 Å². The second kappa shape index (κ2) is 8.86. The first-order valence-electron chi connectivity index (χ1n) is 10.2. The smallest absolute Gasteiger partial charge is 0.310 e. The molecule has 6 nitrogen and oxygen atoms in total. The lowest BCUT2D eigenvalue weighted by Crippen LogP contribution is -2.24. The van der Waals surface area contributed by atoms with Crippen LogP contribution >= 0.6 is 0 Å². The number of ether oxygens (including phenoxy) is 1. The lowest BCUT2D eigenvalue weighted by molar-refractivity contribution is -0.153. The lowest BCUT2D eigenvalue weighted by atomic mass is 9.99. The predicted molar refractivity (Wildman–Crippen MR) is 120 cm³/mol. The SMILES string of the molecule is Cc1nc(C)c(-c2ccc(-c3ccc(CC(=O)OC(C)(C)C)cc3)cc2F)nc1C(N)=O. The third kappa shape index (κ3) is 5.35. The van der Waals surface area contributed by atoms with Crippen molar-refractivity contribution in [1.29, 1.82) is 0 Å². The van der Waals surface area contributed by atoms with Gasteiger partial charge in [0, 0.05) is 5.56 Å². The molecule has 1 aromatic heterocycles. The molecule has 3 rings (SSSR count). The molecule has 0 aliphatic rings. The Hall–Kier alpha value is -3.61. The number of carbonyl (C=O) groups is 2. The number of halogens is 1. The molecule has 2 aromatic carbocycles. The molecule has 0 bridgehead atoms. The van der Waals surface area contributed by atoms with Crippen molar-refractivity contribution < 1.29 is 18.7 Å². The number of aryl methyl sites for hydroxylation is 2. The van der Waals surface area contributed by atoms with Crippen LogP contribution in [0.1, 0.15) is 48.2 Å². The van der Waals surface area contributed by atoms with Gasteiger partial charge in [-0.1, -0.05) is 30.3 Å². The maximum Gasteiger partial charge on any atom is 0.310 e. The van der Waals surface area contributed by atoms with Crippen LogP contribution in [0.25, 0.3) is 22.4 Å².